The van der Waals surface area contributed by atoms with Crippen molar-refractivity contribution in [1.82, 2.24) is 10.2 Å². The molecule has 9 nitrogen and oxygen atoms in total. The van der Waals surface area contributed by atoms with Crippen LogP contribution >= 0.6 is 0 Å². The third-order valence-corrected chi connectivity index (χ3v) is 10.0. The Labute approximate surface area is 260 Å². The minimum absolute atomic E-state index is 0.0415. The summed E-state index contributed by atoms with van der Waals surface area (Å²) in [5.74, 6) is 0.0204. The lowest BCUT2D eigenvalue weighted by Crippen LogP contribution is -2.55. The van der Waals surface area contributed by atoms with Crippen LogP contribution in [0.1, 0.15) is 55.7 Å². The molecule has 1 heterocycles. The lowest BCUT2D eigenvalue weighted by atomic mass is 9.94. The van der Waals surface area contributed by atoms with E-state index < -0.39 is 28.5 Å². The van der Waals surface area contributed by atoms with E-state index in [1.165, 1.54) is 0 Å². The van der Waals surface area contributed by atoms with Crippen LogP contribution in [0.25, 0.3) is 0 Å². The van der Waals surface area contributed by atoms with E-state index in [2.05, 4.69) is 5.32 Å². The maximum absolute atomic E-state index is 14.4. The van der Waals surface area contributed by atoms with Crippen LogP contribution in [-0.4, -0.2) is 56.3 Å². The van der Waals surface area contributed by atoms with Gasteiger partial charge in [0.15, 0.2) is 11.5 Å². The summed E-state index contributed by atoms with van der Waals surface area (Å²) >= 11 is 0. The summed E-state index contributed by atoms with van der Waals surface area (Å²) in [4.78, 5) is 30.1. The molecule has 2 amide bonds. The number of hydrogen-bond donors (Lipinski definition) is 1. The number of hydrogen-bond acceptors (Lipinski definition) is 6. The zero-order valence-electron chi connectivity index (χ0n) is 25.4. The average Bonchev–Trinajstić information content (AvgIpc) is 3.50. The molecule has 1 saturated carbocycles. The number of sulfonamides is 1. The fraction of sp³-hybridized carbons (Fsp3) is 0.412. The first-order chi connectivity index (χ1) is 21.2. The molecule has 44 heavy (non-hydrogen) atoms. The molecule has 0 aromatic heterocycles. The Morgan fingerprint density at radius 3 is 2.36 bits per heavy atom. The Bertz CT molecular complexity index is 1560. The predicted octanol–water partition coefficient (Wildman–Crippen LogP) is 4.97. The average molecular weight is 620 g/mol. The molecule has 1 N–H and O–H groups in total. The fourth-order valence-electron chi connectivity index (χ4n) is 5.87. The normalized spacial score (nSPS) is 15.4. The highest BCUT2D eigenvalue weighted by atomic mass is 32.2. The number of aryl methyl sites for hydroxylation is 1. The van der Waals surface area contributed by atoms with Crippen LogP contribution in [0.2, 0.25) is 0 Å². The van der Waals surface area contributed by atoms with Crippen LogP contribution in [0, 0.1) is 6.92 Å². The van der Waals surface area contributed by atoms with Crippen molar-refractivity contribution in [3.8, 4) is 11.5 Å². The number of nitrogens with zero attached hydrogens (tertiary/aromatic N) is 2. The second-order valence-corrected chi connectivity index (χ2v) is 13.7. The lowest BCUT2D eigenvalue weighted by Gasteiger charge is -2.35. The summed E-state index contributed by atoms with van der Waals surface area (Å²) in [6.45, 7) is 3.24. The summed E-state index contributed by atoms with van der Waals surface area (Å²) < 4.78 is 38.9. The molecule has 0 unspecified atom stereocenters. The van der Waals surface area contributed by atoms with Gasteiger partial charge in [-0.1, -0.05) is 79.4 Å². The van der Waals surface area contributed by atoms with Gasteiger partial charge in [0.05, 0.1) is 11.4 Å². The van der Waals surface area contributed by atoms with Gasteiger partial charge in [-0.05, 0) is 49.9 Å². The van der Waals surface area contributed by atoms with Crippen LogP contribution in [0.5, 0.6) is 11.5 Å². The number of fused-ring (bicyclic) bond motifs is 1. The summed E-state index contributed by atoms with van der Waals surface area (Å²) in [6.07, 6.45) is 5.37. The topological polar surface area (TPSA) is 105 Å². The molecule has 3 aromatic carbocycles. The molecular formula is C34H41N3O6S. The van der Waals surface area contributed by atoms with Crippen molar-refractivity contribution in [2.45, 2.75) is 71.0 Å². The standard InChI is InChI=1S/C34H41N3O6S/c1-3-44(40,41)37(29-17-18-31-32(21-29)43-24-42-31)23-33(38)36(22-27-14-10-11-25(2)19-27)30(20-26-12-6-4-7-13-26)34(39)35-28-15-8-5-9-16-28/h4,6-7,10-14,17-19,21,28,30H,3,5,8-9,15-16,20,22-24H2,1-2H3,(H,35,39)/t30-/m0/s1. The highest BCUT2D eigenvalue weighted by molar-refractivity contribution is 7.92. The number of ether oxygens (including phenoxy) is 2. The van der Waals surface area contributed by atoms with E-state index in [-0.39, 0.29) is 31.0 Å². The van der Waals surface area contributed by atoms with Gasteiger partial charge in [0, 0.05) is 25.1 Å². The molecule has 234 valence electrons. The van der Waals surface area contributed by atoms with Gasteiger partial charge >= 0.3 is 0 Å². The van der Waals surface area contributed by atoms with Gasteiger partial charge in [-0.2, -0.15) is 0 Å². The maximum Gasteiger partial charge on any atom is 0.244 e. The number of nitrogens with one attached hydrogen (secondary N) is 1. The predicted molar refractivity (Wildman–Crippen MR) is 170 cm³/mol. The van der Waals surface area contributed by atoms with Gasteiger partial charge in [-0.3, -0.25) is 13.9 Å². The Morgan fingerprint density at radius 2 is 1.64 bits per heavy atom. The molecule has 5 rings (SSSR count). The van der Waals surface area contributed by atoms with Crippen molar-refractivity contribution in [2.75, 3.05) is 23.4 Å². The minimum Gasteiger partial charge on any atom is -0.454 e. The number of carbonyl (C=O) groups excluding carboxylic acids is 2. The van der Waals surface area contributed by atoms with E-state index in [1.54, 1.807) is 30.0 Å². The zero-order valence-corrected chi connectivity index (χ0v) is 26.2. The van der Waals surface area contributed by atoms with E-state index in [4.69, 9.17) is 9.47 Å². The molecule has 0 spiro atoms. The van der Waals surface area contributed by atoms with Crippen LogP contribution in [0.15, 0.2) is 72.8 Å². The van der Waals surface area contributed by atoms with Gasteiger partial charge in [-0.15, -0.1) is 0 Å². The van der Waals surface area contributed by atoms with Crippen molar-refractivity contribution >= 4 is 27.5 Å². The molecule has 1 fully saturated rings. The number of anilines is 1. The van der Waals surface area contributed by atoms with Gasteiger partial charge in [0.1, 0.15) is 12.6 Å². The first-order valence-corrected chi connectivity index (χ1v) is 16.9. The quantitative estimate of drug-likeness (QED) is 0.307. The number of carbonyl (C=O) groups is 2. The van der Waals surface area contributed by atoms with Gasteiger partial charge < -0.3 is 19.7 Å². The van der Waals surface area contributed by atoms with Crippen LogP contribution in [0.3, 0.4) is 0 Å². The Kier molecular flexibility index (Phi) is 10.1. The molecule has 3 aromatic rings. The second kappa shape index (κ2) is 14.2. The van der Waals surface area contributed by atoms with Crippen molar-refractivity contribution in [2.24, 2.45) is 0 Å². The number of amides is 2. The van der Waals surface area contributed by atoms with Gasteiger partial charge in [-0.25, -0.2) is 8.42 Å². The monoisotopic (exact) mass is 619 g/mol. The number of benzene rings is 3. The van der Waals surface area contributed by atoms with Gasteiger partial charge in [0.25, 0.3) is 0 Å². The fourth-order valence-corrected chi connectivity index (χ4v) is 6.92. The second-order valence-electron chi connectivity index (χ2n) is 11.5. The third kappa shape index (κ3) is 7.72. The van der Waals surface area contributed by atoms with Crippen molar-refractivity contribution in [1.29, 1.82) is 0 Å². The van der Waals surface area contributed by atoms with Gasteiger partial charge in [0.2, 0.25) is 28.6 Å². The minimum atomic E-state index is -3.88. The highest BCUT2D eigenvalue weighted by Gasteiger charge is 2.35. The van der Waals surface area contributed by atoms with Crippen molar-refractivity contribution in [3.63, 3.8) is 0 Å². The van der Waals surface area contributed by atoms with E-state index in [0.29, 0.717) is 23.6 Å². The van der Waals surface area contributed by atoms with E-state index >= 15 is 0 Å². The zero-order chi connectivity index (χ0) is 31.1. The Balaban J connectivity index is 1.51. The molecule has 2 aliphatic rings. The molecule has 1 atom stereocenters. The van der Waals surface area contributed by atoms with Crippen molar-refractivity contribution in [3.05, 3.63) is 89.5 Å². The molecule has 0 bridgehead atoms. The molecule has 0 radical (unpaired) electrons. The smallest absolute Gasteiger partial charge is 0.244 e. The highest BCUT2D eigenvalue weighted by Crippen LogP contribution is 2.36. The third-order valence-electron chi connectivity index (χ3n) is 8.28. The number of rotatable bonds is 12. The summed E-state index contributed by atoms with van der Waals surface area (Å²) in [7, 11) is -3.88. The van der Waals surface area contributed by atoms with Crippen LogP contribution in [0.4, 0.5) is 5.69 Å². The van der Waals surface area contributed by atoms with Crippen LogP contribution in [-0.2, 0) is 32.6 Å². The SMILES string of the molecule is CCS(=O)(=O)N(CC(=O)N(Cc1cccc(C)c1)[C@@H](Cc1ccccc1)C(=O)NC1CCCCC1)c1ccc2c(c1)OCO2. The summed E-state index contributed by atoms with van der Waals surface area (Å²) in [6, 6.07) is 21.4. The maximum atomic E-state index is 14.4. The largest absolute Gasteiger partial charge is 0.454 e. The molecule has 1 aliphatic heterocycles. The summed E-state index contributed by atoms with van der Waals surface area (Å²) in [5, 5.41) is 3.23. The Morgan fingerprint density at radius 1 is 0.909 bits per heavy atom. The lowest BCUT2D eigenvalue weighted by molar-refractivity contribution is -0.140. The summed E-state index contributed by atoms with van der Waals surface area (Å²) in [5.41, 5.74) is 3.09. The molecule has 1 aliphatic carbocycles. The molecule has 10 heteroatoms. The van der Waals surface area contributed by atoms with Crippen LogP contribution < -0.4 is 19.1 Å². The van der Waals surface area contributed by atoms with Crippen molar-refractivity contribution < 1.29 is 27.5 Å². The first kappa shape index (κ1) is 31.4. The Hall–Kier alpha value is -4.05. The van der Waals surface area contributed by atoms with E-state index in [0.717, 1.165) is 53.1 Å². The molecule has 0 saturated heterocycles. The first-order valence-electron chi connectivity index (χ1n) is 15.3. The van der Waals surface area contributed by atoms with E-state index in [9.17, 15) is 18.0 Å². The molecular weight excluding hydrogens is 578 g/mol. The van der Waals surface area contributed by atoms with E-state index in [1.807, 2.05) is 61.5 Å².